The number of carbonyl (C=O) groups excluding carboxylic acids is 2. The quantitative estimate of drug-likeness (QED) is 0.354. The third-order valence-electron chi connectivity index (χ3n) is 4.09. The van der Waals surface area contributed by atoms with Gasteiger partial charge in [-0.3, -0.25) is 19.8 Å². The molecule has 0 aliphatic carbocycles. The molecule has 0 saturated carbocycles. The van der Waals surface area contributed by atoms with E-state index < -0.39 is 22.9 Å². The summed E-state index contributed by atoms with van der Waals surface area (Å²) in [7, 11) is 0. The van der Waals surface area contributed by atoms with Crippen LogP contribution in [0.5, 0.6) is 0 Å². The first-order valence-corrected chi connectivity index (χ1v) is 7.65. The third-order valence-corrected chi connectivity index (χ3v) is 4.41. The van der Waals surface area contributed by atoms with Crippen molar-refractivity contribution in [2.75, 3.05) is 6.54 Å². The van der Waals surface area contributed by atoms with Gasteiger partial charge in [0.15, 0.2) is 5.11 Å². The van der Waals surface area contributed by atoms with Crippen LogP contribution < -0.4 is 5.32 Å². The maximum absolute atomic E-state index is 12.5. The van der Waals surface area contributed by atoms with Gasteiger partial charge in [-0.25, -0.2) is 0 Å². The summed E-state index contributed by atoms with van der Waals surface area (Å²) in [6.07, 6.45) is 4.90. The molecule has 2 aliphatic rings. The molecule has 2 amide bonds. The van der Waals surface area contributed by atoms with Crippen LogP contribution in [0.3, 0.4) is 0 Å². The zero-order valence-corrected chi connectivity index (χ0v) is 14.5. The van der Waals surface area contributed by atoms with Gasteiger partial charge in [-0.1, -0.05) is 12.2 Å². The predicted octanol–water partition coefficient (Wildman–Crippen LogP) is 1.53. The summed E-state index contributed by atoms with van der Waals surface area (Å²) in [6.45, 7) is 11.1. The van der Waals surface area contributed by atoms with Gasteiger partial charge < -0.3 is 5.21 Å². The molecule has 0 aromatic heterocycles. The first-order valence-electron chi connectivity index (χ1n) is 7.24. The van der Waals surface area contributed by atoms with Crippen molar-refractivity contribution in [3.63, 3.8) is 0 Å². The molecule has 0 bridgehead atoms. The van der Waals surface area contributed by atoms with E-state index in [9.17, 15) is 14.8 Å². The van der Waals surface area contributed by atoms with Gasteiger partial charge in [0.2, 0.25) is 0 Å². The van der Waals surface area contributed by atoms with Gasteiger partial charge in [0.05, 0.1) is 11.1 Å². The minimum absolute atomic E-state index is 0.00845. The Bertz CT molecular complexity index is 661. The van der Waals surface area contributed by atoms with Crippen LogP contribution in [0.25, 0.3) is 0 Å². The lowest BCUT2D eigenvalue weighted by molar-refractivity contribution is -0.184. The van der Waals surface area contributed by atoms with Gasteiger partial charge in [-0.15, -0.1) is 6.58 Å². The molecule has 1 saturated heterocycles. The van der Waals surface area contributed by atoms with E-state index >= 15 is 0 Å². The van der Waals surface area contributed by atoms with E-state index in [4.69, 9.17) is 12.2 Å². The summed E-state index contributed by atoms with van der Waals surface area (Å²) < 4.78 is 0. The molecule has 2 aliphatic heterocycles. The lowest BCUT2D eigenvalue weighted by atomic mass is 9.93. The average Bonchev–Trinajstić information content (AvgIpc) is 2.59. The van der Waals surface area contributed by atoms with E-state index in [-0.39, 0.29) is 17.2 Å². The van der Waals surface area contributed by atoms with Gasteiger partial charge in [-0.05, 0) is 51.6 Å². The van der Waals surface area contributed by atoms with Crippen molar-refractivity contribution in [1.82, 2.24) is 15.3 Å². The summed E-state index contributed by atoms with van der Waals surface area (Å²) in [5.41, 5.74) is -0.640. The van der Waals surface area contributed by atoms with Crippen molar-refractivity contribution < 1.29 is 14.8 Å². The van der Waals surface area contributed by atoms with E-state index in [1.54, 1.807) is 0 Å². The van der Waals surface area contributed by atoms with E-state index in [0.29, 0.717) is 5.57 Å². The first kappa shape index (κ1) is 17.5. The molecule has 2 heterocycles. The van der Waals surface area contributed by atoms with Crippen molar-refractivity contribution in [2.45, 2.75) is 38.8 Å². The van der Waals surface area contributed by atoms with Crippen LogP contribution >= 0.6 is 12.2 Å². The first-order chi connectivity index (χ1) is 10.5. The molecule has 2 N–H and O–H groups in total. The number of rotatable bonds is 3. The maximum atomic E-state index is 12.5. The molecule has 0 atom stereocenters. The smallest absolute Gasteiger partial charge is 0.265 e. The van der Waals surface area contributed by atoms with Crippen LogP contribution in [0.1, 0.15) is 27.7 Å². The van der Waals surface area contributed by atoms with Crippen molar-refractivity contribution in [3.8, 4) is 0 Å². The monoisotopic (exact) mass is 335 g/mol. The molecule has 124 valence electrons. The lowest BCUT2D eigenvalue weighted by Crippen LogP contribution is -2.54. The van der Waals surface area contributed by atoms with Crippen molar-refractivity contribution in [1.29, 1.82) is 0 Å². The molecular weight excluding hydrogens is 314 g/mol. The standard InChI is InChI=1S/C16H21N3O3S/c1-6-7-18-13(21)11(12(20)17-14(18)23)8-10-9-15(2,3)19(22)16(10,4)5/h6,8-9,22H,1,7H2,2-5H3,(H,17,20,23)/b11-8-. The second-order valence-corrected chi connectivity index (χ2v) is 7.03. The fourth-order valence-electron chi connectivity index (χ4n) is 2.82. The SMILES string of the molecule is C=CCN1C(=O)/C(=C\C2=CC(C)(C)N(O)C2(C)C)C(=O)NC1=S. The summed E-state index contributed by atoms with van der Waals surface area (Å²) in [5.74, 6) is -1.00. The summed E-state index contributed by atoms with van der Waals surface area (Å²) in [4.78, 5) is 26.0. The fraction of sp³-hybridized carbons (Fsp3) is 0.438. The Morgan fingerprint density at radius 2 is 1.96 bits per heavy atom. The van der Waals surface area contributed by atoms with Crippen molar-refractivity contribution in [3.05, 3.63) is 36.0 Å². The zero-order chi connectivity index (χ0) is 17.6. The van der Waals surface area contributed by atoms with Crippen molar-refractivity contribution in [2.24, 2.45) is 0 Å². The van der Waals surface area contributed by atoms with E-state index in [1.807, 2.05) is 33.8 Å². The number of amides is 2. The third kappa shape index (κ3) is 2.87. The summed E-state index contributed by atoms with van der Waals surface area (Å²) >= 11 is 5.02. The second kappa shape index (κ2) is 5.67. The Hall–Kier alpha value is -1.83. The minimum atomic E-state index is -0.724. The number of hydroxylamine groups is 2. The number of hydrogen-bond acceptors (Lipinski definition) is 5. The molecule has 23 heavy (non-hydrogen) atoms. The molecule has 0 aromatic rings. The number of carbonyl (C=O) groups is 2. The maximum Gasteiger partial charge on any atom is 0.265 e. The van der Waals surface area contributed by atoms with E-state index in [0.717, 1.165) is 0 Å². The normalized spacial score (nSPS) is 25.6. The van der Waals surface area contributed by atoms with Crippen LogP contribution in [0, 0.1) is 0 Å². The zero-order valence-electron chi connectivity index (χ0n) is 13.7. The van der Waals surface area contributed by atoms with Crippen LogP contribution in [0.2, 0.25) is 0 Å². The Labute approximate surface area is 141 Å². The van der Waals surface area contributed by atoms with Crippen LogP contribution in [-0.2, 0) is 9.59 Å². The minimum Gasteiger partial charge on any atom is -0.312 e. The van der Waals surface area contributed by atoms with E-state index in [2.05, 4.69) is 11.9 Å². The highest BCUT2D eigenvalue weighted by Gasteiger charge is 2.45. The Morgan fingerprint density at radius 1 is 1.35 bits per heavy atom. The van der Waals surface area contributed by atoms with E-state index in [1.165, 1.54) is 22.1 Å². The number of thiocarbonyl (C=S) groups is 1. The highest BCUT2D eigenvalue weighted by Crippen LogP contribution is 2.39. The molecule has 2 rings (SSSR count). The molecule has 0 unspecified atom stereocenters. The van der Waals surface area contributed by atoms with Gasteiger partial charge in [0.25, 0.3) is 11.8 Å². The lowest BCUT2D eigenvalue weighted by Gasteiger charge is -2.36. The summed E-state index contributed by atoms with van der Waals surface area (Å²) in [5, 5.41) is 14.1. The molecule has 6 nitrogen and oxygen atoms in total. The van der Waals surface area contributed by atoms with Gasteiger partial charge in [0.1, 0.15) is 5.57 Å². The number of hydrogen-bond donors (Lipinski definition) is 2. The van der Waals surface area contributed by atoms with Crippen LogP contribution in [0.15, 0.2) is 36.0 Å². The van der Waals surface area contributed by atoms with Crippen LogP contribution in [0.4, 0.5) is 0 Å². The number of nitrogens with one attached hydrogen (secondary N) is 1. The summed E-state index contributed by atoms with van der Waals surface area (Å²) in [6, 6.07) is 0. The molecule has 0 spiro atoms. The molecule has 0 aromatic carbocycles. The average molecular weight is 335 g/mol. The largest absolute Gasteiger partial charge is 0.312 e. The Balaban J connectivity index is 2.45. The second-order valence-electron chi connectivity index (χ2n) is 6.65. The van der Waals surface area contributed by atoms with Gasteiger partial charge in [0, 0.05) is 6.54 Å². The molecular formula is C16H21N3O3S. The molecule has 0 radical (unpaired) electrons. The van der Waals surface area contributed by atoms with Crippen molar-refractivity contribution >= 4 is 29.1 Å². The predicted molar refractivity (Wildman–Crippen MR) is 90.6 cm³/mol. The molecule has 7 heteroatoms. The highest BCUT2D eigenvalue weighted by molar-refractivity contribution is 7.80. The van der Waals surface area contributed by atoms with Gasteiger partial charge in [-0.2, -0.15) is 5.06 Å². The fourth-order valence-corrected chi connectivity index (χ4v) is 3.07. The molecule has 1 fully saturated rings. The number of nitrogens with zero attached hydrogens (tertiary/aromatic N) is 2. The Kier molecular flexibility index (Phi) is 4.32. The van der Waals surface area contributed by atoms with Crippen LogP contribution in [-0.4, -0.2) is 49.7 Å². The Morgan fingerprint density at radius 3 is 2.43 bits per heavy atom. The topological polar surface area (TPSA) is 72.9 Å². The van der Waals surface area contributed by atoms with Gasteiger partial charge >= 0.3 is 0 Å². The highest BCUT2D eigenvalue weighted by atomic mass is 32.1.